The Bertz CT molecular complexity index is 1020. The number of carbonyl (C=O) groups is 3. The number of hydrogen-bond donors (Lipinski definition) is 1. The van der Waals surface area contributed by atoms with Gasteiger partial charge in [0.1, 0.15) is 17.4 Å². The van der Waals surface area contributed by atoms with Crippen LogP contribution in [-0.4, -0.2) is 40.7 Å². The molecule has 0 bridgehead atoms. The van der Waals surface area contributed by atoms with Gasteiger partial charge in [0.2, 0.25) is 5.91 Å². The van der Waals surface area contributed by atoms with Crippen molar-refractivity contribution in [3.05, 3.63) is 55.7 Å². The number of ketones is 1. The number of nitrogens with two attached hydrogens (primary N) is 1. The molecule has 0 saturated carbocycles. The first-order valence-electron chi connectivity index (χ1n) is 10.6. The number of rotatable bonds is 7. The number of hydrogen-bond acceptors (Lipinski definition) is 6. The molecule has 1 atom stereocenters. The quantitative estimate of drug-likeness (QED) is 0.611. The molecule has 0 fully saturated rings. The molecule has 1 aromatic carbocycles. The minimum Gasteiger partial charge on any atom is -0.459 e. The summed E-state index contributed by atoms with van der Waals surface area (Å²) in [5.74, 6) is -0.774. The van der Waals surface area contributed by atoms with Gasteiger partial charge in [-0.15, -0.1) is 11.3 Å². The third-order valence-electron chi connectivity index (χ3n) is 5.37. The van der Waals surface area contributed by atoms with Crippen molar-refractivity contribution in [1.82, 2.24) is 4.90 Å². The summed E-state index contributed by atoms with van der Waals surface area (Å²) in [5, 5.41) is 0.619. The molecule has 3 rings (SSSR count). The summed E-state index contributed by atoms with van der Waals surface area (Å²) < 4.78 is 5.52. The molecule has 1 amide bonds. The first kappa shape index (κ1) is 24.4. The normalized spacial score (nSPS) is 15.2. The van der Waals surface area contributed by atoms with Crippen LogP contribution >= 0.6 is 22.9 Å². The van der Waals surface area contributed by atoms with Crippen molar-refractivity contribution in [1.29, 1.82) is 0 Å². The summed E-state index contributed by atoms with van der Waals surface area (Å²) in [6, 6.07) is 6.75. The maximum atomic E-state index is 12.7. The summed E-state index contributed by atoms with van der Waals surface area (Å²) in [7, 11) is 0. The van der Waals surface area contributed by atoms with Gasteiger partial charge in [-0.05, 0) is 57.4 Å². The van der Waals surface area contributed by atoms with Crippen LogP contribution in [0.4, 0.5) is 0 Å². The average Bonchev–Trinajstić information content (AvgIpc) is 3.04. The molecule has 2 heterocycles. The maximum Gasteiger partial charge on any atom is 0.323 e. The van der Waals surface area contributed by atoms with Gasteiger partial charge >= 0.3 is 5.97 Å². The molecule has 172 valence electrons. The number of fused-ring (bicyclic) bond motifs is 1. The number of carbonyl (C=O) groups excluding carboxylic acids is 3. The van der Waals surface area contributed by atoms with Crippen molar-refractivity contribution in [3.63, 3.8) is 0 Å². The zero-order valence-electron chi connectivity index (χ0n) is 18.9. The fourth-order valence-corrected chi connectivity index (χ4v) is 5.37. The molecule has 2 aromatic rings. The van der Waals surface area contributed by atoms with Gasteiger partial charge in [0.15, 0.2) is 0 Å². The number of primary amides is 1. The second-order valence-corrected chi connectivity index (χ2v) is 10.7. The van der Waals surface area contributed by atoms with Crippen LogP contribution in [0.15, 0.2) is 24.3 Å². The molecular weight excluding hydrogens is 448 g/mol. The number of ether oxygens (including phenoxy) is 1. The number of Topliss-reactive ketones (excluding diaryl/α,β-unsaturated/α-hetero) is 1. The van der Waals surface area contributed by atoms with Crippen molar-refractivity contribution in [3.8, 4) is 0 Å². The second kappa shape index (κ2) is 9.73. The molecule has 0 aliphatic carbocycles. The van der Waals surface area contributed by atoms with Crippen LogP contribution in [0.3, 0.4) is 0 Å². The first-order valence-corrected chi connectivity index (χ1v) is 11.8. The van der Waals surface area contributed by atoms with Crippen molar-refractivity contribution in [2.45, 2.75) is 65.1 Å². The molecule has 0 spiro atoms. The Morgan fingerprint density at radius 3 is 2.44 bits per heavy atom. The number of nitrogens with zero attached hydrogens (tertiary/aromatic N) is 1. The summed E-state index contributed by atoms with van der Waals surface area (Å²) in [6.07, 6.45) is 1.02. The van der Waals surface area contributed by atoms with Crippen molar-refractivity contribution < 1.29 is 19.1 Å². The lowest BCUT2D eigenvalue weighted by Gasteiger charge is -2.32. The molecule has 0 radical (unpaired) electrons. The third-order valence-corrected chi connectivity index (χ3v) is 6.84. The Balaban J connectivity index is 1.75. The van der Waals surface area contributed by atoms with Gasteiger partial charge in [0, 0.05) is 40.7 Å². The van der Waals surface area contributed by atoms with Gasteiger partial charge in [-0.25, -0.2) is 0 Å². The van der Waals surface area contributed by atoms with E-state index in [1.54, 1.807) is 12.1 Å². The van der Waals surface area contributed by atoms with Gasteiger partial charge in [-0.3, -0.25) is 19.3 Å². The SMILES string of the molecule is CC(C(=O)OC(C)(C)C)N1CCc2c(sc(CC(=O)Cc3ccc(Cl)cc3)c2C(N)=O)C1. The van der Waals surface area contributed by atoms with Crippen LogP contribution in [0.2, 0.25) is 5.02 Å². The lowest BCUT2D eigenvalue weighted by atomic mass is 9.98. The Labute approximate surface area is 197 Å². The Hall–Kier alpha value is -2.22. The van der Waals surface area contributed by atoms with Gasteiger partial charge in [-0.1, -0.05) is 23.7 Å². The Morgan fingerprint density at radius 1 is 1.19 bits per heavy atom. The van der Waals surface area contributed by atoms with Crippen molar-refractivity contribution in [2.24, 2.45) is 5.73 Å². The fourth-order valence-electron chi connectivity index (χ4n) is 3.83. The summed E-state index contributed by atoms with van der Waals surface area (Å²) in [5.41, 5.74) is 7.40. The number of thiophene rings is 1. The molecule has 32 heavy (non-hydrogen) atoms. The average molecular weight is 477 g/mol. The monoisotopic (exact) mass is 476 g/mol. The van der Waals surface area contributed by atoms with Gasteiger partial charge in [0.25, 0.3) is 0 Å². The van der Waals surface area contributed by atoms with E-state index in [-0.39, 0.29) is 24.6 Å². The van der Waals surface area contributed by atoms with E-state index in [2.05, 4.69) is 0 Å². The van der Waals surface area contributed by atoms with Crippen LogP contribution in [0.25, 0.3) is 0 Å². The number of esters is 1. The van der Waals surface area contributed by atoms with Crippen LogP contribution in [0.1, 0.15) is 58.9 Å². The minimum atomic E-state index is -0.550. The summed E-state index contributed by atoms with van der Waals surface area (Å²) in [6.45, 7) is 8.50. The molecule has 1 aromatic heterocycles. The van der Waals surface area contributed by atoms with Gasteiger partial charge in [-0.2, -0.15) is 0 Å². The van der Waals surface area contributed by atoms with Crippen LogP contribution < -0.4 is 5.73 Å². The highest BCUT2D eigenvalue weighted by Crippen LogP contribution is 2.34. The minimum absolute atomic E-state index is 0.00685. The highest BCUT2D eigenvalue weighted by Gasteiger charge is 2.33. The largest absolute Gasteiger partial charge is 0.459 e. The van der Waals surface area contributed by atoms with E-state index < -0.39 is 17.6 Å². The summed E-state index contributed by atoms with van der Waals surface area (Å²) in [4.78, 5) is 41.2. The summed E-state index contributed by atoms with van der Waals surface area (Å²) >= 11 is 7.35. The predicted molar refractivity (Wildman–Crippen MR) is 126 cm³/mol. The van der Waals surface area contributed by atoms with Crippen LogP contribution in [-0.2, 0) is 40.1 Å². The molecule has 6 nitrogen and oxygen atoms in total. The smallest absolute Gasteiger partial charge is 0.323 e. The highest BCUT2D eigenvalue weighted by molar-refractivity contribution is 7.12. The number of benzene rings is 1. The Morgan fingerprint density at radius 2 is 1.84 bits per heavy atom. The van der Waals surface area contributed by atoms with E-state index in [0.29, 0.717) is 35.0 Å². The van der Waals surface area contributed by atoms with E-state index >= 15 is 0 Å². The molecule has 1 aliphatic rings. The molecule has 8 heteroatoms. The standard InChI is InChI=1S/C24H29ClN2O4S/c1-14(23(30)31-24(2,3)4)27-10-9-18-20(13-27)32-19(21(18)22(26)29)12-17(28)11-15-5-7-16(25)8-6-15/h5-8,14H,9-13H2,1-4H3,(H2,26,29). The zero-order chi connectivity index (χ0) is 23.6. The van der Waals surface area contributed by atoms with E-state index in [9.17, 15) is 14.4 Å². The molecule has 1 aliphatic heterocycles. The lowest BCUT2D eigenvalue weighted by molar-refractivity contribution is -0.161. The second-order valence-electron chi connectivity index (χ2n) is 9.11. The maximum absolute atomic E-state index is 12.7. The lowest BCUT2D eigenvalue weighted by Crippen LogP contribution is -2.44. The number of halogens is 1. The molecule has 0 saturated heterocycles. The molecule has 1 unspecified atom stereocenters. The van der Waals surface area contributed by atoms with E-state index in [1.165, 1.54) is 11.3 Å². The fraction of sp³-hybridized carbons (Fsp3) is 0.458. The Kier molecular flexibility index (Phi) is 7.43. The molecule has 2 N–H and O–H groups in total. The van der Waals surface area contributed by atoms with Crippen molar-refractivity contribution >= 4 is 40.6 Å². The van der Waals surface area contributed by atoms with Gasteiger partial charge < -0.3 is 10.5 Å². The highest BCUT2D eigenvalue weighted by atomic mass is 35.5. The first-order chi connectivity index (χ1) is 14.9. The molecular formula is C24H29ClN2O4S. The number of amides is 1. The predicted octanol–water partition coefficient (Wildman–Crippen LogP) is 3.94. The van der Waals surface area contributed by atoms with Crippen LogP contribution in [0.5, 0.6) is 0 Å². The van der Waals surface area contributed by atoms with Crippen molar-refractivity contribution in [2.75, 3.05) is 6.54 Å². The van der Waals surface area contributed by atoms with E-state index in [1.807, 2.05) is 44.7 Å². The van der Waals surface area contributed by atoms with Crippen LogP contribution in [0, 0.1) is 0 Å². The zero-order valence-corrected chi connectivity index (χ0v) is 20.4. The van der Waals surface area contributed by atoms with E-state index in [0.717, 1.165) is 16.0 Å². The van der Waals surface area contributed by atoms with E-state index in [4.69, 9.17) is 22.1 Å². The van der Waals surface area contributed by atoms with Gasteiger partial charge in [0.05, 0.1) is 5.56 Å². The third kappa shape index (κ3) is 5.97. The topological polar surface area (TPSA) is 89.7 Å².